The van der Waals surface area contributed by atoms with Gasteiger partial charge < -0.3 is 4.74 Å². The Morgan fingerprint density at radius 2 is 1.88 bits per heavy atom. The number of allylic oxidation sites excluding steroid dienone is 4. The minimum absolute atomic E-state index is 0.261. The summed E-state index contributed by atoms with van der Waals surface area (Å²) in [4.78, 5) is 26.5. The molecule has 0 radical (unpaired) electrons. The van der Waals surface area contributed by atoms with Gasteiger partial charge in [-0.3, -0.25) is 4.79 Å². The molecule has 2 amide bonds. The fourth-order valence-corrected chi connectivity index (χ4v) is 3.34. The zero-order valence-corrected chi connectivity index (χ0v) is 14.9. The number of ether oxygens (including phenoxy) is 1. The molecule has 0 spiro atoms. The van der Waals surface area contributed by atoms with Crippen LogP contribution < -0.4 is 0 Å². The van der Waals surface area contributed by atoms with E-state index in [1.54, 1.807) is 57.2 Å². The predicted molar refractivity (Wildman–Crippen MR) is 92.3 cm³/mol. The van der Waals surface area contributed by atoms with Crippen molar-refractivity contribution in [2.24, 2.45) is 5.92 Å². The molecule has 0 aromatic heterocycles. The van der Waals surface area contributed by atoms with Crippen LogP contribution in [0, 0.1) is 5.92 Å². The zero-order chi connectivity index (χ0) is 18.4. The maximum atomic E-state index is 16.1. The molecule has 0 saturated carbocycles. The summed E-state index contributed by atoms with van der Waals surface area (Å²) in [7, 11) is 0. The van der Waals surface area contributed by atoms with Gasteiger partial charge in [0.05, 0.1) is 5.92 Å². The van der Waals surface area contributed by atoms with Crippen LogP contribution in [0.1, 0.15) is 39.7 Å². The van der Waals surface area contributed by atoms with Gasteiger partial charge in [-0.1, -0.05) is 42.0 Å². The summed E-state index contributed by atoms with van der Waals surface area (Å²) in [5.74, 6) is -1.62. The smallest absolute Gasteiger partial charge is 0.421 e. The van der Waals surface area contributed by atoms with Crippen molar-refractivity contribution in [1.82, 2.24) is 4.90 Å². The Hall–Kier alpha value is -2.43. The van der Waals surface area contributed by atoms with Gasteiger partial charge in [0.25, 0.3) is 5.91 Å². The van der Waals surface area contributed by atoms with Gasteiger partial charge in [-0.05, 0) is 45.8 Å². The van der Waals surface area contributed by atoms with E-state index in [1.165, 1.54) is 0 Å². The Balaban J connectivity index is 2.09. The molecule has 1 saturated heterocycles. The number of alkyl halides is 1. The Morgan fingerprint density at radius 1 is 1.24 bits per heavy atom. The Kier molecular flexibility index (Phi) is 4.06. The fraction of sp³-hybridized carbons (Fsp3) is 0.400. The van der Waals surface area contributed by atoms with Gasteiger partial charge >= 0.3 is 6.09 Å². The molecule has 3 rings (SSSR count). The van der Waals surface area contributed by atoms with Crippen molar-refractivity contribution in [3.63, 3.8) is 0 Å². The number of likely N-dealkylation sites (tertiary alicyclic amines) is 1. The number of fused-ring (bicyclic) bond motifs is 1. The number of halogens is 1. The van der Waals surface area contributed by atoms with Crippen molar-refractivity contribution in [1.29, 1.82) is 0 Å². The van der Waals surface area contributed by atoms with Gasteiger partial charge in [0.2, 0.25) is 5.67 Å². The highest BCUT2D eigenvalue weighted by Gasteiger charge is 2.61. The number of benzene rings is 1. The summed E-state index contributed by atoms with van der Waals surface area (Å²) in [6.07, 6.45) is 3.00. The second-order valence-corrected chi connectivity index (χ2v) is 7.56. The number of rotatable bonds is 1. The highest BCUT2D eigenvalue weighted by Crippen LogP contribution is 2.51. The van der Waals surface area contributed by atoms with Gasteiger partial charge in [-0.25, -0.2) is 14.1 Å². The summed E-state index contributed by atoms with van der Waals surface area (Å²) >= 11 is 0. The van der Waals surface area contributed by atoms with Gasteiger partial charge in [-0.15, -0.1) is 0 Å². The highest BCUT2D eigenvalue weighted by atomic mass is 19.1. The molecule has 1 heterocycles. The number of carbonyl (C=O) groups is 2. The largest absolute Gasteiger partial charge is 0.443 e. The van der Waals surface area contributed by atoms with E-state index in [4.69, 9.17) is 4.74 Å². The van der Waals surface area contributed by atoms with Gasteiger partial charge in [0.15, 0.2) is 0 Å². The molecule has 1 fully saturated rings. The molecule has 25 heavy (non-hydrogen) atoms. The first-order valence-electron chi connectivity index (χ1n) is 8.34. The molecule has 1 aromatic rings. The van der Waals surface area contributed by atoms with Crippen LogP contribution in [-0.2, 0) is 15.2 Å². The van der Waals surface area contributed by atoms with E-state index in [0.29, 0.717) is 12.1 Å². The first kappa shape index (κ1) is 17.4. The summed E-state index contributed by atoms with van der Waals surface area (Å²) in [6, 6.07) is 8.31. The van der Waals surface area contributed by atoms with Crippen molar-refractivity contribution >= 4 is 12.0 Å². The fourth-order valence-electron chi connectivity index (χ4n) is 3.34. The van der Waals surface area contributed by atoms with E-state index in [0.717, 1.165) is 10.5 Å². The van der Waals surface area contributed by atoms with Crippen LogP contribution in [0.2, 0.25) is 0 Å². The third-order valence-electron chi connectivity index (χ3n) is 4.44. The summed E-state index contributed by atoms with van der Waals surface area (Å²) in [5, 5.41) is 0. The van der Waals surface area contributed by atoms with Crippen LogP contribution in [0.25, 0.3) is 0 Å². The molecular weight excluding hydrogens is 321 g/mol. The maximum Gasteiger partial charge on any atom is 0.421 e. The van der Waals surface area contributed by atoms with E-state index in [-0.39, 0.29) is 5.56 Å². The van der Waals surface area contributed by atoms with Crippen LogP contribution in [-0.4, -0.2) is 22.5 Å². The van der Waals surface area contributed by atoms with E-state index in [1.807, 2.05) is 13.0 Å². The quantitative estimate of drug-likeness (QED) is 0.755. The normalized spacial score (nSPS) is 26.0. The van der Waals surface area contributed by atoms with Crippen LogP contribution in [0.15, 0.2) is 53.8 Å². The second kappa shape index (κ2) is 5.83. The van der Waals surface area contributed by atoms with Gasteiger partial charge in [0.1, 0.15) is 5.60 Å². The molecule has 1 aliphatic heterocycles. The SMILES string of the molecule is CC1=CC=C2C(C1)[C@](F)(c1ccccc1)C(=O)N2C(=O)OC(C)(C)C. The number of amides is 2. The van der Waals surface area contributed by atoms with Crippen LogP contribution in [0.4, 0.5) is 9.18 Å². The third-order valence-corrected chi connectivity index (χ3v) is 4.44. The highest BCUT2D eigenvalue weighted by molar-refractivity contribution is 6.03. The molecule has 4 nitrogen and oxygen atoms in total. The van der Waals surface area contributed by atoms with Crippen molar-refractivity contribution in [3.05, 3.63) is 59.3 Å². The summed E-state index contributed by atoms with van der Waals surface area (Å²) in [5.41, 5.74) is -1.47. The van der Waals surface area contributed by atoms with Gasteiger partial charge in [-0.2, -0.15) is 0 Å². The molecule has 1 unspecified atom stereocenters. The minimum Gasteiger partial charge on any atom is -0.443 e. The van der Waals surface area contributed by atoms with Gasteiger partial charge in [0, 0.05) is 5.70 Å². The molecule has 132 valence electrons. The van der Waals surface area contributed by atoms with E-state index in [2.05, 4.69) is 0 Å². The Morgan fingerprint density at radius 3 is 2.48 bits per heavy atom. The average Bonchev–Trinajstić information content (AvgIpc) is 2.76. The monoisotopic (exact) mass is 343 g/mol. The first-order valence-corrected chi connectivity index (χ1v) is 8.34. The number of hydrogen-bond acceptors (Lipinski definition) is 3. The summed E-state index contributed by atoms with van der Waals surface area (Å²) in [6.45, 7) is 7.02. The molecular formula is C20H22FNO3. The van der Waals surface area contributed by atoms with Crippen molar-refractivity contribution in [2.75, 3.05) is 0 Å². The third kappa shape index (κ3) is 2.88. The predicted octanol–water partition coefficient (Wildman–Crippen LogP) is 4.48. The van der Waals surface area contributed by atoms with E-state index >= 15 is 4.39 Å². The summed E-state index contributed by atoms with van der Waals surface area (Å²) < 4.78 is 21.5. The van der Waals surface area contributed by atoms with Crippen molar-refractivity contribution in [3.8, 4) is 0 Å². The zero-order valence-electron chi connectivity index (χ0n) is 14.9. The lowest BCUT2D eigenvalue weighted by molar-refractivity contribution is -0.138. The number of imide groups is 1. The molecule has 2 aliphatic rings. The van der Waals surface area contributed by atoms with Crippen LogP contribution in [0.5, 0.6) is 0 Å². The minimum atomic E-state index is -2.28. The molecule has 1 aromatic carbocycles. The maximum absolute atomic E-state index is 16.1. The molecule has 1 aliphatic carbocycles. The van der Waals surface area contributed by atoms with E-state index in [9.17, 15) is 9.59 Å². The van der Waals surface area contributed by atoms with E-state index < -0.39 is 29.2 Å². The number of carbonyl (C=O) groups excluding carboxylic acids is 2. The Labute approximate surface area is 147 Å². The molecule has 0 N–H and O–H groups in total. The number of hydrogen-bond donors (Lipinski definition) is 0. The van der Waals surface area contributed by atoms with Crippen molar-refractivity contribution in [2.45, 2.75) is 45.4 Å². The number of nitrogens with zero attached hydrogens (tertiary/aromatic N) is 1. The topological polar surface area (TPSA) is 46.6 Å². The molecule has 2 atom stereocenters. The molecule has 5 heteroatoms. The van der Waals surface area contributed by atoms with Crippen LogP contribution in [0.3, 0.4) is 0 Å². The lowest BCUT2D eigenvalue weighted by Crippen LogP contribution is -2.41. The lowest BCUT2D eigenvalue weighted by atomic mass is 9.78. The van der Waals surface area contributed by atoms with Crippen molar-refractivity contribution < 1.29 is 18.7 Å². The average molecular weight is 343 g/mol. The Bertz CT molecular complexity index is 776. The lowest BCUT2D eigenvalue weighted by Gasteiger charge is -2.26. The second-order valence-electron chi connectivity index (χ2n) is 7.56. The van der Waals surface area contributed by atoms with Crippen LogP contribution >= 0.6 is 0 Å². The standard InChI is InChI=1S/C20H22FNO3/c1-13-10-11-16-15(12-13)20(21,14-8-6-5-7-9-14)17(23)22(16)18(24)25-19(2,3)4/h5-11,15H,12H2,1-4H3/t15?,20-/m1/s1. The molecule has 0 bridgehead atoms. The first-order chi connectivity index (χ1) is 11.6.